The predicted octanol–water partition coefficient (Wildman–Crippen LogP) is 4.73. The highest BCUT2D eigenvalue weighted by Gasteiger charge is 2.22. The molecular weight excluding hydrogens is 302 g/mol. The van der Waals surface area contributed by atoms with Gasteiger partial charge in [0.1, 0.15) is 11.6 Å². The van der Waals surface area contributed by atoms with Crippen molar-refractivity contribution in [3.8, 4) is 0 Å². The van der Waals surface area contributed by atoms with Crippen molar-refractivity contribution >= 4 is 34.2 Å². The van der Waals surface area contributed by atoms with Gasteiger partial charge in [0, 0.05) is 13.2 Å². The van der Waals surface area contributed by atoms with Gasteiger partial charge >= 0.3 is 0 Å². The Labute approximate surface area is 127 Å². The number of imidazole rings is 1. The van der Waals surface area contributed by atoms with Gasteiger partial charge in [-0.15, -0.1) is 11.6 Å². The number of hydrogen-bond donors (Lipinski definition) is 0. The van der Waals surface area contributed by atoms with E-state index >= 15 is 0 Å². The van der Waals surface area contributed by atoms with Crippen LogP contribution in [0.4, 0.5) is 4.39 Å². The summed E-state index contributed by atoms with van der Waals surface area (Å²) in [6.45, 7) is 4.44. The number of rotatable bonds is 5. The first kappa shape index (κ1) is 15.5. The van der Waals surface area contributed by atoms with Crippen molar-refractivity contribution in [2.45, 2.75) is 31.7 Å². The third kappa shape index (κ3) is 2.78. The van der Waals surface area contributed by atoms with Crippen molar-refractivity contribution in [1.29, 1.82) is 0 Å². The first-order chi connectivity index (χ1) is 9.49. The summed E-state index contributed by atoms with van der Waals surface area (Å²) >= 11 is 12.1. The molecule has 6 heteroatoms. The van der Waals surface area contributed by atoms with E-state index in [4.69, 9.17) is 27.9 Å². The van der Waals surface area contributed by atoms with E-state index in [0.717, 1.165) is 11.9 Å². The maximum Gasteiger partial charge on any atom is 0.144 e. The van der Waals surface area contributed by atoms with Crippen LogP contribution in [0.1, 0.15) is 37.5 Å². The fraction of sp³-hybridized carbons (Fsp3) is 0.500. The summed E-state index contributed by atoms with van der Waals surface area (Å²) in [5.74, 6) is 0.226. The van der Waals surface area contributed by atoms with Gasteiger partial charge < -0.3 is 9.30 Å². The first-order valence-electron chi connectivity index (χ1n) is 6.49. The van der Waals surface area contributed by atoms with E-state index in [9.17, 15) is 4.39 Å². The standard InChI is InChI=1S/C14H17Cl2FN2O/c1-4-9(7-20-3)19-13-5-10(16)11(17)6-12(13)18-14(19)8(2)15/h5-6,8-9H,4,7H2,1-3H3. The molecule has 0 aliphatic rings. The summed E-state index contributed by atoms with van der Waals surface area (Å²) in [7, 11) is 1.65. The molecule has 1 aromatic carbocycles. The van der Waals surface area contributed by atoms with Crippen molar-refractivity contribution in [3.63, 3.8) is 0 Å². The molecule has 2 aromatic rings. The summed E-state index contributed by atoms with van der Waals surface area (Å²) in [5, 5.41) is -0.199. The molecule has 0 spiro atoms. The van der Waals surface area contributed by atoms with Crippen LogP contribution in [-0.4, -0.2) is 23.3 Å². The van der Waals surface area contributed by atoms with Crippen LogP contribution in [0.25, 0.3) is 11.0 Å². The second-order valence-electron chi connectivity index (χ2n) is 4.73. The van der Waals surface area contributed by atoms with Gasteiger partial charge in [0.15, 0.2) is 0 Å². The molecule has 20 heavy (non-hydrogen) atoms. The molecule has 0 bridgehead atoms. The predicted molar refractivity (Wildman–Crippen MR) is 80.2 cm³/mol. The summed E-state index contributed by atoms with van der Waals surface area (Å²) in [5.41, 5.74) is 1.34. The molecule has 1 heterocycles. The largest absolute Gasteiger partial charge is 0.383 e. The van der Waals surface area contributed by atoms with Gasteiger partial charge in [-0.3, -0.25) is 0 Å². The van der Waals surface area contributed by atoms with Crippen LogP contribution >= 0.6 is 23.2 Å². The third-order valence-corrected chi connectivity index (χ3v) is 3.79. The lowest BCUT2D eigenvalue weighted by molar-refractivity contribution is 0.153. The number of halogens is 3. The van der Waals surface area contributed by atoms with Gasteiger partial charge in [0.2, 0.25) is 0 Å². The second-order valence-corrected chi connectivity index (χ2v) is 5.79. The third-order valence-electron chi connectivity index (χ3n) is 3.31. The van der Waals surface area contributed by atoms with E-state index in [-0.39, 0.29) is 16.4 Å². The Morgan fingerprint density at radius 3 is 2.70 bits per heavy atom. The highest BCUT2D eigenvalue weighted by molar-refractivity contribution is 6.31. The lowest BCUT2D eigenvalue weighted by Gasteiger charge is -2.20. The number of fused-ring (bicyclic) bond motifs is 1. The van der Waals surface area contributed by atoms with Gasteiger partial charge in [0.25, 0.3) is 0 Å². The molecule has 0 N–H and O–H groups in total. The van der Waals surface area contributed by atoms with E-state index in [2.05, 4.69) is 11.9 Å². The van der Waals surface area contributed by atoms with Gasteiger partial charge in [-0.25, -0.2) is 9.37 Å². The summed E-state index contributed by atoms with van der Waals surface area (Å²) in [4.78, 5) is 4.44. The Morgan fingerprint density at radius 2 is 2.15 bits per heavy atom. The van der Waals surface area contributed by atoms with Gasteiger partial charge in [-0.2, -0.15) is 0 Å². The summed E-state index contributed by atoms with van der Waals surface area (Å²) in [6, 6.07) is 3.03. The zero-order valence-electron chi connectivity index (χ0n) is 11.7. The maximum atomic E-state index is 13.6. The van der Waals surface area contributed by atoms with Crippen LogP contribution in [0.5, 0.6) is 0 Å². The summed E-state index contributed by atoms with van der Waals surface area (Å²) < 4.78 is 20.8. The Hall–Kier alpha value is -0.840. The molecule has 0 radical (unpaired) electrons. The average molecular weight is 319 g/mol. The Balaban J connectivity index is 2.70. The summed E-state index contributed by atoms with van der Waals surface area (Å²) in [6.07, 6.45) is 0.852. The first-order valence-corrected chi connectivity index (χ1v) is 7.30. The van der Waals surface area contributed by atoms with Crippen molar-refractivity contribution in [1.82, 2.24) is 9.55 Å². The molecule has 2 unspecified atom stereocenters. The van der Waals surface area contributed by atoms with E-state index < -0.39 is 5.82 Å². The molecule has 0 aliphatic carbocycles. The van der Waals surface area contributed by atoms with Crippen molar-refractivity contribution in [2.24, 2.45) is 0 Å². The van der Waals surface area contributed by atoms with Crippen LogP contribution in [-0.2, 0) is 4.74 Å². The number of alkyl halides is 1. The molecule has 0 saturated heterocycles. The van der Waals surface area contributed by atoms with Crippen molar-refractivity contribution in [2.75, 3.05) is 13.7 Å². The Kier molecular flexibility index (Phi) is 4.89. The lowest BCUT2D eigenvalue weighted by Crippen LogP contribution is -2.17. The highest BCUT2D eigenvalue weighted by Crippen LogP contribution is 2.32. The Morgan fingerprint density at radius 1 is 1.45 bits per heavy atom. The van der Waals surface area contributed by atoms with E-state index in [1.54, 1.807) is 13.2 Å². The highest BCUT2D eigenvalue weighted by atomic mass is 35.5. The molecule has 110 valence electrons. The zero-order valence-corrected chi connectivity index (χ0v) is 13.2. The molecule has 0 aliphatic heterocycles. The van der Waals surface area contributed by atoms with Gasteiger partial charge in [-0.05, 0) is 19.4 Å². The molecule has 3 nitrogen and oxygen atoms in total. The van der Waals surface area contributed by atoms with Crippen LogP contribution in [0.3, 0.4) is 0 Å². The van der Waals surface area contributed by atoms with Crippen LogP contribution < -0.4 is 0 Å². The van der Waals surface area contributed by atoms with Gasteiger partial charge in [0.05, 0.1) is 34.1 Å². The van der Waals surface area contributed by atoms with Crippen LogP contribution in [0, 0.1) is 5.82 Å². The maximum absolute atomic E-state index is 13.6. The molecule has 2 rings (SSSR count). The number of benzene rings is 1. The minimum atomic E-state index is -0.475. The fourth-order valence-corrected chi connectivity index (χ4v) is 2.65. The monoisotopic (exact) mass is 318 g/mol. The van der Waals surface area contributed by atoms with E-state index in [1.807, 2.05) is 11.5 Å². The van der Waals surface area contributed by atoms with Crippen molar-refractivity contribution < 1.29 is 9.13 Å². The van der Waals surface area contributed by atoms with E-state index in [0.29, 0.717) is 17.9 Å². The van der Waals surface area contributed by atoms with Crippen LogP contribution in [0.15, 0.2) is 12.1 Å². The fourth-order valence-electron chi connectivity index (χ4n) is 2.34. The topological polar surface area (TPSA) is 27.1 Å². The molecule has 2 atom stereocenters. The molecular formula is C14H17Cl2FN2O. The quantitative estimate of drug-likeness (QED) is 0.745. The molecule has 1 aromatic heterocycles. The number of ether oxygens (including phenoxy) is 1. The van der Waals surface area contributed by atoms with Crippen LogP contribution in [0.2, 0.25) is 5.02 Å². The minimum absolute atomic E-state index is 0.0831. The lowest BCUT2D eigenvalue weighted by atomic mass is 10.2. The molecule has 0 fully saturated rings. The Bertz CT molecular complexity index is 613. The minimum Gasteiger partial charge on any atom is -0.383 e. The van der Waals surface area contributed by atoms with E-state index in [1.165, 1.54) is 6.07 Å². The number of hydrogen-bond acceptors (Lipinski definition) is 2. The molecule has 0 amide bonds. The smallest absolute Gasteiger partial charge is 0.144 e. The average Bonchev–Trinajstić information content (AvgIpc) is 2.75. The number of methoxy groups -OCH3 is 1. The normalized spacial score (nSPS) is 14.7. The molecule has 0 saturated carbocycles. The SMILES string of the molecule is CCC(COC)n1c(C(C)Cl)nc2cc(F)c(Cl)cc21. The number of aromatic nitrogens is 2. The van der Waals surface area contributed by atoms with Crippen molar-refractivity contribution in [3.05, 3.63) is 28.8 Å². The number of nitrogens with zero attached hydrogens (tertiary/aromatic N) is 2. The second kappa shape index (κ2) is 6.29. The van der Waals surface area contributed by atoms with Gasteiger partial charge in [-0.1, -0.05) is 18.5 Å². The zero-order chi connectivity index (χ0) is 14.9.